The molecule has 114 valence electrons. The zero-order valence-electron chi connectivity index (χ0n) is 12.6. The third-order valence-electron chi connectivity index (χ3n) is 3.85. The Morgan fingerprint density at radius 3 is 2.32 bits per heavy atom. The summed E-state index contributed by atoms with van der Waals surface area (Å²) in [6, 6.07) is 0.685. The van der Waals surface area contributed by atoms with Gasteiger partial charge in [0.2, 0.25) is 10.0 Å². The van der Waals surface area contributed by atoms with Crippen LogP contribution in [0.25, 0.3) is 0 Å². The minimum atomic E-state index is -3.19. The van der Waals surface area contributed by atoms with Crippen molar-refractivity contribution in [2.24, 2.45) is 0 Å². The maximum absolute atomic E-state index is 12.2. The molecule has 0 saturated heterocycles. The molecule has 0 spiro atoms. The lowest BCUT2D eigenvalue weighted by Gasteiger charge is -2.33. The molecule has 1 N–H and O–H groups in total. The van der Waals surface area contributed by atoms with Crippen LogP contribution in [0.2, 0.25) is 0 Å². The molecule has 1 aliphatic rings. The summed E-state index contributed by atoms with van der Waals surface area (Å²) in [5, 5.41) is 3.26. The van der Waals surface area contributed by atoms with Gasteiger partial charge >= 0.3 is 0 Å². The van der Waals surface area contributed by atoms with Crippen LogP contribution in [0.3, 0.4) is 0 Å². The summed E-state index contributed by atoms with van der Waals surface area (Å²) >= 11 is 0. The predicted octanol–water partition coefficient (Wildman–Crippen LogP) is 1.20. The molecule has 0 aliphatic heterocycles. The summed E-state index contributed by atoms with van der Waals surface area (Å²) in [5.41, 5.74) is 0. The van der Waals surface area contributed by atoms with Crippen molar-refractivity contribution in [2.45, 2.75) is 57.7 Å². The number of sulfonamides is 1. The Bertz CT molecular complexity index is 349. The number of nitrogens with one attached hydrogen (secondary N) is 1. The van der Waals surface area contributed by atoms with Gasteiger partial charge in [0.1, 0.15) is 0 Å². The Labute approximate surface area is 117 Å². The van der Waals surface area contributed by atoms with Gasteiger partial charge in [-0.15, -0.1) is 0 Å². The molecule has 1 aliphatic carbocycles. The maximum Gasteiger partial charge on any atom is 0.216 e. The quantitative estimate of drug-likeness (QED) is 0.766. The molecule has 1 rings (SSSR count). The van der Waals surface area contributed by atoms with E-state index in [4.69, 9.17) is 4.74 Å². The molecule has 5 nitrogen and oxygen atoms in total. The Morgan fingerprint density at radius 1 is 1.26 bits per heavy atom. The van der Waals surface area contributed by atoms with Crippen LogP contribution in [0, 0.1) is 0 Å². The summed E-state index contributed by atoms with van der Waals surface area (Å²) in [6.07, 6.45) is 4.04. The summed E-state index contributed by atoms with van der Waals surface area (Å²) in [6.45, 7) is 4.10. The SMILES string of the molecule is CNC1CCC(N(C)S(=O)(=O)CCOC(C)C)CC1. The second kappa shape index (κ2) is 7.57. The van der Waals surface area contributed by atoms with Crippen LogP contribution in [0.1, 0.15) is 39.5 Å². The normalized spacial score (nSPS) is 25.2. The van der Waals surface area contributed by atoms with E-state index in [1.54, 1.807) is 11.4 Å². The minimum absolute atomic E-state index is 0.0755. The van der Waals surface area contributed by atoms with Crippen molar-refractivity contribution in [3.05, 3.63) is 0 Å². The summed E-state index contributed by atoms with van der Waals surface area (Å²) in [5.74, 6) is 0.0770. The number of ether oxygens (including phenoxy) is 1. The molecule has 0 aromatic carbocycles. The van der Waals surface area contributed by atoms with Gasteiger partial charge < -0.3 is 10.1 Å². The van der Waals surface area contributed by atoms with Crippen LogP contribution >= 0.6 is 0 Å². The van der Waals surface area contributed by atoms with Crippen LogP contribution in [-0.4, -0.2) is 57.4 Å². The smallest absolute Gasteiger partial charge is 0.216 e. The van der Waals surface area contributed by atoms with Gasteiger partial charge in [0.25, 0.3) is 0 Å². The van der Waals surface area contributed by atoms with Gasteiger partial charge in [-0.05, 0) is 46.6 Å². The zero-order valence-corrected chi connectivity index (χ0v) is 13.4. The topological polar surface area (TPSA) is 58.6 Å². The van der Waals surface area contributed by atoms with Crippen LogP contribution < -0.4 is 5.32 Å². The van der Waals surface area contributed by atoms with Crippen LogP contribution in [0.4, 0.5) is 0 Å². The van der Waals surface area contributed by atoms with Crippen LogP contribution in [0.5, 0.6) is 0 Å². The highest BCUT2D eigenvalue weighted by molar-refractivity contribution is 7.89. The Kier molecular flexibility index (Phi) is 6.73. The van der Waals surface area contributed by atoms with E-state index in [2.05, 4.69) is 5.32 Å². The highest BCUT2D eigenvalue weighted by Gasteiger charge is 2.29. The Hall–Kier alpha value is -0.170. The Morgan fingerprint density at radius 2 is 1.84 bits per heavy atom. The molecule has 0 heterocycles. The first-order valence-corrected chi connectivity index (χ1v) is 8.72. The van der Waals surface area contributed by atoms with Crippen molar-refractivity contribution < 1.29 is 13.2 Å². The molecule has 19 heavy (non-hydrogen) atoms. The third-order valence-corrected chi connectivity index (χ3v) is 5.71. The van der Waals surface area contributed by atoms with Crippen LogP contribution in [0.15, 0.2) is 0 Å². The van der Waals surface area contributed by atoms with E-state index in [1.165, 1.54) is 0 Å². The summed E-state index contributed by atoms with van der Waals surface area (Å²) in [4.78, 5) is 0. The van der Waals surface area contributed by atoms with Gasteiger partial charge in [-0.1, -0.05) is 0 Å². The highest BCUT2D eigenvalue weighted by atomic mass is 32.2. The van der Waals surface area contributed by atoms with E-state index >= 15 is 0 Å². The molecule has 0 atom stereocenters. The van der Waals surface area contributed by atoms with Crippen molar-refractivity contribution in [3.63, 3.8) is 0 Å². The number of hydrogen-bond donors (Lipinski definition) is 1. The molecular weight excluding hydrogens is 264 g/mol. The van der Waals surface area contributed by atoms with Gasteiger partial charge in [-0.25, -0.2) is 12.7 Å². The van der Waals surface area contributed by atoms with Crippen molar-refractivity contribution in [3.8, 4) is 0 Å². The summed E-state index contributed by atoms with van der Waals surface area (Å²) in [7, 11) is 0.479. The second-order valence-electron chi connectivity index (χ2n) is 5.55. The van der Waals surface area contributed by atoms with E-state index in [-0.39, 0.29) is 24.5 Å². The van der Waals surface area contributed by atoms with Crippen molar-refractivity contribution in [1.29, 1.82) is 0 Å². The highest BCUT2D eigenvalue weighted by Crippen LogP contribution is 2.24. The largest absolute Gasteiger partial charge is 0.378 e. The van der Waals surface area contributed by atoms with Crippen molar-refractivity contribution >= 4 is 10.0 Å². The molecule has 0 amide bonds. The van der Waals surface area contributed by atoms with Crippen LogP contribution in [-0.2, 0) is 14.8 Å². The molecule has 0 unspecified atom stereocenters. The molecule has 6 heteroatoms. The molecule has 1 saturated carbocycles. The zero-order chi connectivity index (χ0) is 14.5. The fraction of sp³-hybridized carbons (Fsp3) is 1.00. The van der Waals surface area contributed by atoms with Gasteiger partial charge in [-0.2, -0.15) is 0 Å². The third kappa shape index (κ3) is 5.38. The summed E-state index contributed by atoms with van der Waals surface area (Å²) < 4.78 is 31.3. The molecule has 1 fully saturated rings. The molecule has 0 aromatic rings. The minimum Gasteiger partial charge on any atom is -0.378 e. The number of nitrogens with zero attached hydrogens (tertiary/aromatic N) is 1. The first kappa shape index (κ1) is 16.9. The van der Waals surface area contributed by atoms with Gasteiger partial charge in [0, 0.05) is 19.1 Å². The monoisotopic (exact) mass is 292 g/mol. The fourth-order valence-corrected chi connectivity index (χ4v) is 3.75. The van der Waals surface area contributed by atoms with E-state index < -0.39 is 10.0 Å². The fourth-order valence-electron chi connectivity index (χ4n) is 2.49. The van der Waals surface area contributed by atoms with E-state index in [9.17, 15) is 8.42 Å². The molecule has 0 radical (unpaired) electrons. The lowest BCUT2D eigenvalue weighted by Crippen LogP contribution is -2.43. The first-order chi connectivity index (χ1) is 8.86. The first-order valence-electron chi connectivity index (χ1n) is 7.11. The number of hydrogen-bond acceptors (Lipinski definition) is 4. The number of rotatable bonds is 7. The molecule has 0 bridgehead atoms. The van der Waals surface area contributed by atoms with Crippen molar-refractivity contribution in [2.75, 3.05) is 26.5 Å². The van der Waals surface area contributed by atoms with E-state index in [0.717, 1.165) is 25.7 Å². The predicted molar refractivity (Wildman–Crippen MR) is 77.7 cm³/mol. The van der Waals surface area contributed by atoms with E-state index in [0.29, 0.717) is 6.04 Å². The standard InChI is InChI=1S/C13H28N2O3S/c1-11(2)18-9-10-19(16,17)15(4)13-7-5-12(14-3)6-8-13/h11-14H,5-10H2,1-4H3. The average molecular weight is 292 g/mol. The average Bonchev–Trinajstić information content (AvgIpc) is 2.37. The van der Waals surface area contributed by atoms with Gasteiger partial charge in [-0.3, -0.25) is 0 Å². The lowest BCUT2D eigenvalue weighted by atomic mass is 9.91. The maximum atomic E-state index is 12.2. The molecule has 0 aromatic heterocycles. The van der Waals surface area contributed by atoms with Gasteiger partial charge in [0.15, 0.2) is 0 Å². The second-order valence-corrected chi connectivity index (χ2v) is 7.69. The Balaban J connectivity index is 2.45. The molecular formula is C13H28N2O3S. The van der Waals surface area contributed by atoms with Crippen molar-refractivity contribution in [1.82, 2.24) is 9.62 Å². The van der Waals surface area contributed by atoms with E-state index in [1.807, 2.05) is 20.9 Å². The van der Waals surface area contributed by atoms with Gasteiger partial charge in [0.05, 0.1) is 18.5 Å². The lowest BCUT2D eigenvalue weighted by molar-refractivity contribution is 0.0904.